The van der Waals surface area contributed by atoms with Gasteiger partial charge in [0.2, 0.25) is 0 Å². The third-order valence-corrected chi connectivity index (χ3v) is 5.53. The van der Waals surface area contributed by atoms with Crippen molar-refractivity contribution < 1.29 is 42.2 Å². The van der Waals surface area contributed by atoms with Gasteiger partial charge in [-0.2, -0.15) is 0 Å². The summed E-state index contributed by atoms with van der Waals surface area (Å²) >= 11 is 0. The Morgan fingerprint density at radius 3 is 1.12 bits per heavy atom. The van der Waals surface area contributed by atoms with Crippen molar-refractivity contribution in [3.63, 3.8) is 0 Å². The van der Waals surface area contributed by atoms with Gasteiger partial charge in [-0.25, -0.2) is 0 Å². The first kappa shape index (κ1) is 26.5. The molecule has 0 aliphatic carbocycles. The number of hydrogen-bond acceptors (Lipinski definition) is 0. The molecule has 0 aliphatic rings. The van der Waals surface area contributed by atoms with Crippen LogP contribution in [0.2, 0.25) is 0 Å². The summed E-state index contributed by atoms with van der Waals surface area (Å²) in [6.07, 6.45) is 0. The fourth-order valence-electron chi connectivity index (χ4n) is 4.04. The Hall–Kier alpha value is -2.79. The van der Waals surface area contributed by atoms with Crippen molar-refractivity contribution >= 4 is 21.5 Å². The van der Waals surface area contributed by atoms with Crippen molar-refractivity contribution in [2.45, 2.75) is 0 Å². The Morgan fingerprint density at radius 2 is 0.727 bits per heavy atom. The number of fused-ring (bicyclic) bond motifs is 2. The minimum atomic E-state index is 0. The van der Waals surface area contributed by atoms with Gasteiger partial charge in [-0.05, 0) is 0 Å². The topological polar surface area (TPSA) is 0 Å². The van der Waals surface area contributed by atoms with E-state index in [4.69, 9.17) is 0 Å². The zero-order chi connectivity index (χ0) is 20.2. The van der Waals surface area contributed by atoms with Crippen LogP contribution in [0, 0.1) is 0 Å². The van der Waals surface area contributed by atoms with Gasteiger partial charge in [0, 0.05) is 0 Å². The van der Waals surface area contributed by atoms with Crippen molar-refractivity contribution in [3.05, 3.63) is 133 Å². The molecule has 0 aromatic heterocycles. The molecule has 0 spiro atoms. The van der Waals surface area contributed by atoms with Crippen LogP contribution in [0.1, 0.15) is 0 Å². The number of rotatable bonds is 2. The molecular formula is C30H22Cl2Cr. The first-order chi connectivity index (χ1) is 14.9. The van der Waals surface area contributed by atoms with Crippen LogP contribution >= 0.6 is 0 Å². The summed E-state index contributed by atoms with van der Waals surface area (Å²) in [5.41, 5.74) is 5.23. The molecule has 3 heteroatoms. The van der Waals surface area contributed by atoms with E-state index in [2.05, 4.69) is 133 Å². The van der Waals surface area contributed by atoms with Gasteiger partial charge in [0.15, 0.2) is 0 Å². The minimum Gasteiger partial charge on any atom is -1.00 e. The zero-order valence-corrected chi connectivity index (χ0v) is 20.7. The first-order valence-corrected chi connectivity index (χ1v) is 10.3. The van der Waals surface area contributed by atoms with E-state index in [1.165, 1.54) is 43.8 Å². The number of benzene rings is 4. The maximum atomic E-state index is 2.19. The molecule has 0 fully saturated rings. The van der Waals surface area contributed by atoms with Gasteiger partial charge in [-0.15, -0.1) is 93.3 Å². The molecule has 6 aromatic carbocycles. The van der Waals surface area contributed by atoms with Gasteiger partial charge in [-0.3, -0.25) is 0 Å². The van der Waals surface area contributed by atoms with E-state index in [0.717, 1.165) is 0 Å². The Bertz CT molecular complexity index is 1270. The van der Waals surface area contributed by atoms with E-state index in [9.17, 15) is 0 Å². The second-order valence-corrected chi connectivity index (χ2v) is 7.40. The summed E-state index contributed by atoms with van der Waals surface area (Å²) in [6.45, 7) is 0. The third kappa shape index (κ3) is 5.77. The summed E-state index contributed by atoms with van der Waals surface area (Å²) in [5.74, 6) is 0. The van der Waals surface area contributed by atoms with Gasteiger partial charge in [0.1, 0.15) is 0 Å². The summed E-state index contributed by atoms with van der Waals surface area (Å²) < 4.78 is 0. The largest absolute Gasteiger partial charge is 4.00 e. The molecule has 0 saturated heterocycles. The van der Waals surface area contributed by atoms with E-state index in [0.29, 0.717) is 0 Å². The smallest absolute Gasteiger partial charge is 1.00 e. The predicted molar refractivity (Wildman–Crippen MR) is 130 cm³/mol. The van der Waals surface area contributed by atoms with Gasteiger partial charge < -0.3 is 24.8 Å². The Morgan fingerprint density at radius 1 is 0.394 bits per heavy atom. The quantitative estimate of drug-likeness (QED) is 0.318. The minimum absolute atomic E-state index is 0. The van der Waals surface area contributed by atoms with E-state index in [-0.39, 0.29) is 42.2 Å². The van der Waals surface area contributed by atoms with Crippen LogP contribution in [0.3, 0.4) is 0 Å². The SMILES string of the molecule is [Cl-].[Cl-].[Cr+4].c1ccc(-c2c[cH-]c3ccccc23)cc1.c1ccc(-c2c[cH-]c3ccccc23)cc1. The van der Waals surface area contributed by atoms with Crippen molar-refractivity contribution in [2.75, 3.05) is 0 Å². The molecule has 0 saturated carbocycles. The molecule has 6 rings (SSSR count). The molecule has 0 bridgehead atoms. The maximum Gasteiger partial charge on any atom is 4.00 e. The van der Waals surface area contributed by atoms with E-state index in [1.807, 2.05) is 0 Å². The van der Waals surface area contributed by atoms with Crippen LogP contribution in [0.5, 0.6) is 0 Å². The van der Waals surface area contributed by atoms with Crippen molar-refractivity contribution in [2.24, 2.45) is 0 Å². The molecule has 33 heavy (non-hydrogen) atoms. The molecule has 6 aromatic rings. The summed E-state index contributed by atoms with van der Waals surface area (Å²) in [4.78, 5) is 0. The maximum absolute atomic E-state index is 2.19. The fourth-order valence-corrected chi connectivity index (χ4v) is 4.04. The van der Waals surface area contributed by atoms with Gasteiger partial charge in [0.05, 0.1) is 0 Å². The van der Waals surface area contributed by atoms with E-state index in [1.54, 1.807) is 0 Å². The third-order valence-electron chi connectivity index (χ3n) is 5.53. The van der Waals surface area contributed by atoms with Crippen molar-refractivity contribution in [1.82, 2.24) is 0 Å². The standard InChI is InChI=1S/2C15H11.2ClH.Cr/c2*1-2-6-12(7-3-1)15-11-10-13-8-4-5-9-14(13)15;;;/h2*1-11H;2*1H;/q2*-1;;;+4/p-2. The molecule has 0 unspecified atom stereocenters. The van der Waals surface area contributed by atoms with E-state index < -0.39 is 0 Å². The molecule has 0 N–H and O–H groups in total. The van der Waals surface area contributed by atoms with Gasteiger partial charge >= 0.3 is 17.4 Å². The Balaban J connectivity index is 0.000000214. The van der Waals surface area contributed by atoms with Gasteiger partial charge in [0.25, 0.3) is 0 Å². The van der Waals surface area contributed by atoms with Crippen LogP contribution < -0.4 is 24.8 Å². The van der Waals surface area contributed by atoms with Crippen LogP contribution in [0.25, 0.3) is 43.8 Å². The number of halogens is 2. The predicted octanol–water partition coefficient (Wildman–Crippen LogP) is 2.46. The molecule has 0 heterocycles. The molecule has 0 amide bonds. The van der Waals surface area contributed by atoms with E-state index >= 15 is 0 Å². The van der Waals surface area contributed by atoms with Crippen LogP contribution in [-0.2, 0) is 17.4 Å². The summed E-state index contributed by atoms with van der Waals surface area (Å²) in [7, 11) is 0. The van der Waals surface area contributed by atoms with Crippen LogP contribution in [-0.4, -0.2) is 0 Å². The van der Waals surface area contributed by atoms with Crippen LogP contribution in [0.4, 0.5) is 0 Å². The monoisotopic (exact) mass is 504 g/mol. The average Bonchev–Trinajstić information content (AvgIpc) is 3.45. The molecule has 0 aliphatic heterocycles. The molecule has 0 nitrogen and oxygen atoms in total. The van der Waals surface area contributed by atoms with Crippen LogP contribution in [0.15, 0.2) is 133 Å². The molecule has 0 radical (unpaired) electrons. The molecular weight excluding hydrogens is 483 g/mol. The molecule has 0 atom stereocenters. The molecule has 162 valence electrons. The Labute approximate surface area is 218 Å². The number of hydrogen-bond donors (Lipinski definition) is 0. The summed E-state index contributed by atoms with van der Waals surface area (Å²) in [5, 5.41) is 5.31. The second-order valence-electron chi connectivity index (χ2n) is 7.40. The Kier molecular flexibility index (Phi) is 9.99. The van der Waals surface area contributed by atoms with Gasteiger partial charge in [-0.1, -0.05) is 83.9 Å². The second kappa shape index (κ2) is 12.5. The normalized spacial score (nSPS) is 9.70. The van der Waals surface area contributed by atoms with Crippen molar-refractivity contribution in [1.29, 1.82) is 0 Å². The fraction of sp³-hybridized carbons (Fsp3) is 0. The van der Waals surface area contributed by atoms with Crippen molar-refractivity contribution in [3.8, 4) is 22.3 Å². The zero-order valence-electron chi connectivity index (χ0n) is 17.9. The first-order valence-electron chi connectivity index (χ1n) is 10.3. The summed E-state index contributed by atoms with van der Waals surface area (Å²) in [6, 6.07) is 46.8. The average molecular weight is 505 g/mol.